The molecular formula is C23H24ClN5O2. The van der Waals surface area contributed by atoms with Gasteiger partial charge in [-0.1, -0.05) is 23.7 Å². The molecule has 1 N–H and O–H groups in total. The van der Waals surface area contributed by atoms with Gasteiger partial charge in [0.2, 0.25) is 5.91 Å². The molecule has 0 radical (unpaired) electrons. The molecule has 2 amide bonds. The lowest BCUT2D eigenvalue weighted by molar-refractivity contribution is -0.130. The number of benzene rings is 2. The summed E-state index contributed by atoms with van der Waals surface area (Å²) in [6.07, 6.45) is 5.37. The minimum absolute atomic E-state index is 0.00341. The lowest BCUT2D eigenvalue weighted by Gasteiger charge is -2.36. The van der Waals surface area contributed by atoms with Crippen molar-refractivity contribution in [3.8, 4) is 0 Å². The van der Waals surface area contributed by atoms with Crippen LogP contribution in [-0.2, 0) is 11.3 Å². The van der Waals surface area contributed by atoms with Crippen LogP contribution in [0.4, 0.5) is 5.69 Å². The first-order valence-electron chi connectivity index (χ1n) is 10.2. The molecule has 3 aromatic rings. The Labute approximate surface area is 186 Å². The van der Waals surface area contributed by atoms with Gasteiger partial charge in [0.25, 0.3) is 5.91 Å². The first-order chi connectivity index (χ1) is 15.1. The summed E-state index contributed by atoms with van der Waals surface area (Å²) in [6, 6.07) is 15.1. The third-order valence-corrected chi connectivity index (χ3v) is 5.62. The van der Waals surface area contributed by atoms with E-state index in [1.807, 2.05) is 47.2 Å². The Bertz CT molecular complexity index is 1010. The third-order valence-electron chi connectivity index (χ3n) is 5.36. The summed E-state index contributed by atoms with van der Waals surface area (Å²) >= 11 is 5.95. The molecule has 1 aliphatic rings. The van der Waals surface area contributed by atoms with E-state index in [9.17, 15) is 9.59 Å². The molecule has 2 aromatic carbocycles. The number of carbonyl (C=O) groups is 2. The van der Waals surface area contributed by atoms with E-state index in [0.717, 1.165) is 24.3 Å². The molecule has 1 aliphatic heterocycles. The number of halogens is 1. The van der Waals surface area contributed by atoms with Crippen LogP contribution in [0.3, 0.4) is 0 Å². The highest BCUT2D eigenvalue weighted by atomic mass is 35.5. The third kappa shape index (κ3) is 5.44. The summed E-state index contributed by atoms with van der Waals surface area (Å²) in [5, 5.41) is 3.45. The SMILES string of the molecule is O=C(NCC(=O)N1CCN(c2ccc(Cl)cc2)CC1)c1ccc(Cn2ccnc2)cc1. The van der Waals surface area contributed by atoms with Crippen LogP contribution in [0.15, 0.2) is 67.3 Å². The molecule has 4 rings (SSSR count). The first kappa shape index (κ1) is 20.9. The zero-order valence-electron chi connectivity index (χ0n) is 17.1. The predicted molar refractivity (Wildman–Crippen MR) is 120 cm³/mol. The van der Waals surface area contributed by atoms with Crippen LogP contribution in [0.25, 0.3) is 0 Å². The zero-order valence-corrected chi connectivity index (χ0v) is 17.8. The molecule has 0 unspecified atom stereocenters. The van der Waals surface area contributed by atoms with Crippen LogP contribution in [0.2, 0.25) is 5.02 Å². The number of rotatable bonds is 6. The van der Waals surface area contributed by atoms with Crippen molar-refractivity contribution in [2.75, 3.05) is 37.6 Å². The van der Waals surface area contributed by atoms with Gasteiger partial charge in [0.1, 0.15) is 0 Å². The number of amides is 2. The second kappa shape index (κ2) is 9.66. The number of nitrogens with zero attached hydrogens (tertiary/aromatic N) is 4. The Morgan fingerprint density at radius 1 is 0.968 bits per heavy atom. The lowest BCUT2D eigenvalue weighted by Crippen LogP contribution is -2.51. The molecule has 0 atom stereocenters. The molecule has 1 saturated heterocycles. The lowest BCUT2D eigenvalue weighted by atomic mass is 10.1. The van der Waals surface area contributed by atoms with Crippen LogP contribution in [0.5, 0.6) is 0 Å². The van der Waals surface area contributed by atoms with Gasteiger partial charge < -0.3 is 19.7 Å². The normalized spacial score (nSPS) is 13.8. The fourth-order valence-corrected chi connectivity index (χ4v) is 3.71. The number of hydrogen-bond acceptors (Lipinski definition) is 4. The molecule has 0 bridgehead atoms. The van der Waals surface area contributed by atoms with E-state index in [1.165, 1.54) is 0 Å². The van der Waals surface area contributed by atoms with E-state index >= 15 is 0 Å². The molecule has 8 heteroatoms. The number of nitrogens with one attached hydrogen (secondary N) is 1. The summed E-state index contributed by atoms with van der Waals surface area (Å²) in [7, 11) is 0. The maximum Gasteiger partial charge on any atom is 0.251 e. The second-order valence-electron chi connectivity index (χ2n) is 7.46. The molecule has 0 saturated carbocycles. The molecule has 7 nitrogen and oxygen atoms in total. The van der Waals surface area contributed by atoms with Crippen molar-refractivity contribution in [2.24, 2.45) is 0 Å². The van der Waals surface area contributed by atoms with Gasteiger partial charge in [0.05, 0.1) is 12.9 Å². The van der Waals surface area contributed by atoms with E-state index in [-0.39, 0.29) is 18.4 Å². The van der Waals surface area contributed by atoms with Gasteiger partial charge in [0.15, 0.2) is 0 Å². The van der Waals surface area contributed by atoms with Crippen molar-refractivity contribution >= 4 is 29.1 Å². The number of piperazine rings is 1. The number of aromatic nitrogens is 2. The molecule has 2 heterocycles. The maximum absolute atomic E-state index is 12.5. The van der Waals surface area contributed by atoms with Gasteiger partial charge in [-0.25, -0.2) is 4.98 Å². The monoisotopic (exact) mass is 437 g/mol. The molecule has 160 valence electrons. The van der Waals surface area contributed by atoms with Crippen molar-refractivity contribution in [3.63, 3.8) is 0 Å². The first-order valence-corrected chi connectivity index (χ1v) is 10.6. The summed E-state index contributed by atoms with van der Waals surface area (Å²) in [5.74, 6) is -0.317. The zero-order chi connectivity index (χ0) is 21.6. The average Bonchev–Trinajstić information content (AvgIpc) is 3.31. The predicted octanol–water partition coefficient (Wildman–Crippen LogP) is 2.66. The van der Waals surface area contributed by atoms with E-state index < -0.39 is 0 Å². The second-order valence-corrected chi connectivity index (χ2v) is 7.90. The van der Waals surface area contributed by atoms with Crippen LogP contribution in [0.1, 0.15) is 15.9 Å². The van der Waals surface area contributed by atoms with Gasteiger partial charge in [-0.2, -0.15) is 0 Å². The Balaban J connectivity index is 1.23. The van der Waals surface area contributed by atoms with E-state index in [4.69, 9.17) is 11.6 Å². The Kier molecular flexibility index (Phi) is 6.52. The van der Waals surface area contributed by atoms with Crippen LogP contribution < -0.4 is 10.2 Å². The quantitative estimate of drug-likeness (QED) is 0.643. The minimum Gasteiger partial charge on any atom is -0.368 e. The highest BCUT2D eigenvalue weighted by molar-refractivity contribution is 6.30. The summed E-state index contributed by atoms with van der Waals surface area (Å²) in [5.41, 5.74) is 2.71. The topological polar surface area (TPSA) is 70.5 Å². The van der Waals surface area contributed by atoms with Crippen molar-refractivity contribution < 1.29 is 9.59 Å². The van der Waals surface area contributed by atoms with Gasteiger partial charge in [-0.3, -0.25) is 9.59 Å². The minimum atomic E-state index is -0.248. The molecule has 31 heavy (non-hydrogen) atoms. The maximum atomic E-state index is 12.5. The van der Waals surface area contributed by atoms with E-state index in [2.05, 4.69) is 15.2 Å². The summed E-state index contributed by atoms with van der Waals surface area (Å²) in [6.45, 7) is 3.44. The van der Waals surface area contributed by atoms with Gasteiger partial charge in [-0.15, -0.1) is 0 Å². The van der Waals surface area contributed by atoms with Crippen molar-refractivity contribution in [2.45, 2.75) is 6.54 Å². The Morgan fingerprint density at radius 3 is 2.32 bits per heavy atom. The van der Waals surface area contributed by atoms with Crippen molar-refractivity contribution in [1.82, 2.24) is 19.8 Å². The van der Waals surface area contributed by atoms with Crippen molar-refractivity contribution in [3.05, 3.63) is 83.4 Å². The summed E-state index contributed by atoms with van der Waals surface area (Å²) in [4.78, 5) is 33.0. The smallest absolute Gasteiger partial charge is 0.251 e. The number of hydrogen-bond donors (Lipinski definition) is 1. The fraction of sp³-hybridized carbons (Fsp3) is 0.261. The number of carbonyl (C=O) groups excluding carboxylic acids is 2. The van der Waals surface area contributed by atoms with Gasteiger partial charge in [-0.05, 0) is 42.0 Å². The fourth-order valence-electron chi connectivity index (χ4n) is 3.59. The van der Waals surface area contributed by atoms with E-state index in [0.29, 0.717) is 30.2 Å². The van der Waals surface area contributed by atoms with Crippen LogP contribution in [0, 0.1) is 0 Å². The largest absolute Gasteiger partial charge is 0.368 e. The van der Waals surface area contributed by atoms with Crippen LogP contribution >= 0.6 is 11.6 Å². The van der Waals surface area contributed by atoms with Crippen LogP contribution in [-0.4, -0.2) is 59.0 Å². The average molecular weight is 438 g/mol. The van der Waals surface area contributed by atoms with Gasteiger partial charge in [0, 0.05) is 61.4 Å². The Hall–Kier alpha value is -3.32. The number of imidazole rings is 1. The molecule has 0 aliphatic carbocycles. The van der Waals surface area contributed by atoms with E-state index in [1.54, 1.807) is 29.6 Å². The molecule has 0 spiro atoms. The standard InChI is InChI=1S/C23H24ClN5O2/c24-20-5-7-21(8-6-20)28-11-13-29(14-12-28)22(30)15-26-23(31)19-3-1-18(2-4-19)16-27-10-9-25-17-27/h1-10,17H,11-16H2,(H,26,31). The van der Waals surface area contributed by atoms with Crippen molar-refractivity contribution in [1.29, 1.82) is 0 Å². The molecule has 1 fully saturated rings. The van der Waals surface area contributed by atoms with Gasteiger partial charge >= 0.3 is 0 Å². The highest BCUT2D eigenvalue weighted by Crippen LogP contribution is 2.19. The Morgan fingerprint density at radius 2 is 1.68 bits per heavy atom. The molecular weight excluding hydrogens is 414 g/mol. The summed E-state index contributed by atoms with van der Waals surface area (Å²) < 4.78 is 1.96. The number of anilines is 1. The highest BCUT2D eigenvalue weighted by Gasteiger charge is 2.21. The molecule has 1 aromatic heterocycles.